The zero-order valence-electron chi connectivity index (χ0n) is 16.2. The van der Waals surface area contributed by atoms with E-state index >= 15 is 0 Å². The minimum Gasteiger partial charge on any atom is -0.477 e. The third-order valence-corrected chi connectivity index (χ3v) is 3.75. The molecule has 0 radical (unpaired) electrons. The quantitative estimate of drug-likeness (QED) is 0.629. The van der Waals surface area contributed by atoms with E-state index in [1.807, 2.05) is 0 Å². The Bertz CT molecular complexity index is 1070. The molecule has 1 aromatic carbocycles. The number of pyridine rings is 1. The first-order valence-corrected chi connectivity index (χ1v) is 8.81. The van der Waals surface area contributed by atoms with Gasteiger partial charge in [0.2, 0.25) is 0 Å². The fourth-order valence-corrected chi connectivity index (χ4v) is 2.58. The maximum atomic E-state index is 12.4. The first-order valence-electron chi connectivity index (χ1n) is 8.81. The van der Waals surface area contributed by atoms with Gasteiger partial charge in [-0.05, 0) is 45.0 Å². The second-order valence-corrected chi connectivity index (χ2v) is 7.32. The van der Waals surface area contributed by atoms with Gasteiger partial charge in [0.05, 0.1) is 5.69 Å². The van der Waals surface area contributed by atoms with Gasteiger partial charge < -0.3 is 20.3 Å². The molecule has 0 spiro atoms. The second-order valence-electron chi connectivity index (χ2n) is 7.32. The van der Waals surface area contributed by atoms with E-state index in [-0.39, 0.29) is 5.69 Å². The van der Waals surface area contributed by atoms with Crippen molar-refractivity contribution >= 4 is 17.7 Å². The van der Waals surface area contributed by atoms with Crippen molar-refractivity contribution in [2.75, 3.05) is 5.73 Å². The molecule has 0 aliphatic heterocycles. The lowest BCUT2D eigenvalue weighted by atomic mass is 10.2. The number of rotatable bonds is 4. The minimum absolute atomic E-state index is 0.224. The van der Waals surface area contributed by atoms with Gasteiger partial charge in [-0.1, -0.05) is 6.07 Å². The largest absolute Gasteiger partial charge is 0.477 e. The van der Waals surface area contributed by atoms with E-state index in [0.717, 1.165) is 4.57 Å². The summed E-state index contributed by atoms with van der Waals surface area (Å²) in [5.74, 6) is -0.212. The molecule has 0 aliphatic rings. The molecule has 29 heavy (non-hydrogen) atoms. The van der Waals surface area contributed by atoms with Crippen LogP contribution in [0.1, 0.15) is 31.3 Å². The molecule has 3 aromatic rings. The van der Waals surface area contributed by atoms with Crippen molar-refractivity contribution < 1.29 is 24.2 Å². The molecule has 0 saturated carbocycles. The number of nitrogens with zero attached hydrogens (tertiary/aromatic N) is 2. The molecule has 0 fully saturated rings. The van der Waals surface area contributed by atoms with Gasteiger partial charge in [-0.15, -0.1) is 0 Å². The van der Waals surface area contributed by atoms with Gasteiger partial charge in [0.25, 0.3) is 0 Å². The SMILES string of the molecule is CC(C)(C)OC(=O)n1cc(-c2cc(Oc3cccc(N)c3)ccn2)cc1C(=O)O. The van der Waals surface area contributed by atoms with Crippen LogP contribution in [0, 0.1) is 0 Å². The number of nitrogens with two attached hydrogens (primary N) is 1. The number of aromatic nitrogens is 2. The highest BCUT2D eigenvalue weighted by Crippen LogP contribution is 2.28. The van der Waals surface area contributed by atoms with Crippen molar-refractivity contribution in [3.8, 4) is 22.8 Å². The normalized spacial score (nSPS) is 11.1. The van der Waals surface area contributed by atoms with Crippen molar-refractivity contribution in [3.05, 3.63) is 60.6 Å². The Morgan fingerprint density at radius 2 is 1.83 bits per heavy atom. The molecule has 0 amide bonds. The molecule has 0 saturated heterocycles. The standard InChI is InChI=1S/C21H21N3O5/c1-21(2,3)29-20(27)24-12-13(9-18(24)19(25)26)17-11-16(7-8-23-17)28-15-6-4-5-14(22)10-15/h4-12H,22H2,1-3H3,(H,25,26). The Balaban J connectivity index is 1.93. The van der Waals surface area contributed by atoms with Crippen LogP contribution in [0.15, 0.2) is 54.9 Å². The Hall–Kier alpha value is -3.81. The molecule has 150 valence electrons. The molecule has 0 bridgehead atoms. The molecular weight excluding hydrogens is 374 g/mol. The lowest BCUT2D eigenvalue weighted by Crippen LogP contribution is -2.28. The van der Waals surface area contributed by atoms with Crippen molar-refractivity contribution in [3.63, 3.8) is 0 Å². The maximum absolute atomic E-state index is 12.4. The average Bonchev–Trinajstić information content (AvgIpc) is 3.06. The molecule has 2 aromatic heterocycles. The zero-order valence-corrected chi connectivity index (χ0v) is 16.2. The van der Waals surface area contributed by atoms with Crippen LogP contribution >= 0.6 is 0 Å². The number of hydrogen-bond donors (Lipinski definition) is 2. The highest BCUT2D eigenvalue weighted by Gasteiger charge is 2.24. The van der Waals surface area contributed by atoms with Gasteiger partial charge in [0.15, 0.2) is 0 Å². The summed E-state index contributed by atoms with van der Waals surface area (Å²) < 4.78 is 12.0. The average molecular weight is 395 g/mol. The third kappa shape index (κ3) is 4.92. The fourth-order valence-electron chi connectivity index (χ4n) is 2.58. The smallest absolute Gasteiger partial charge is 0.419 e. The van der Waals surface area contributed by atoms with Gasteiger partial charge in [-0.2, -0.15) is 0 Å². The summed E-state index contributed by atoms with van der Waals surface area (Å²) in [6.45, 7) is 5.11. The molecule has 3 rings (SSSR count). The van der Waals surface area contributed by atoms with Crippen LogP contribution in [-0.2, 0) is 4.74 Å². The van der Waals surface area contributed by atoms with Crippen LogP contribution in [0.2, 0.25) is 0 Å². The molecule has 8 heteroatoms. The van der Waals surface area contributed by atoms with Gasteiger partial charge in [0, 0.05) is 35.8 Å². The summed E-state index contributed by atoms with van der Waals surface area (Å²) >= 11 is 0. The summed E-state index contributed by atoms with van der Waals surface area (Å²) in [5.41, 5.74) is 6.22. The van der Waals surface area contributed by atoms with Gasteiger partial charge in [-0.3, -0.25) is 4.98 Å². The summed E-state index contributed by atoms with van der Waals surface area (Å²) in [7, 11) is 0. The Morgan fingerprint density at radius 1 is 1.10 bits per heavy atom. The van der Waals surface area contributed by atoms with Gasteiger partial charge in [-0.25, -0.2) is 14.2 Å². The Morgan fingerprint density at radius 3 is 2.48 bits per heavy atom. The lowest BCUT2D eigenvalue weighted by Gasteiger charge is -2.19. The number of aromatic carboxylic acids is 1. The van der Waals surface area contributed by atoms with E-state index in [2.05, 4.69) is 4.98 Å². The summed E-state index contributed by atoms with van der Waals surface area (Å²) in [5, 5.41) is 9.46. The van der Waals surface area contributed by atoms with E-state index in [0.29, 0.717) is 28.4 Å². The number of carbonyl (C=O) groups excluding carboxylic acids is 1. The maximum Gasteiger partial charge on any atom is 0.419 e. The number of carboxylic acid groups (broad SMARTS) is 1. The lowest BCUT2D eigenvalue weighted by molar-refractivity contribution is 0.0506. The molecule has 3 N–H and O–H groups in total. The van der Waals surface area contributed by atoms with Crippen molar-refractivity contribution in [1.82, 2.24) is 9.55 Å². The molecule has 0 aliphatic carbocycles. The van der Waals surface area contributed by atoms with Crippen molar-refractivity contribution in [2.45, 2.75) is 26.4 Å². The van der Waals surface area contributed by atoms with Crippen molar-refractivity contribution in [2.24, 2.45) is 0 Å². The van der Waals surface area contributed by atoms with Crippen LogP contribution in [0.25, 0.3) is 11.3 Å². The van der Waals surface area contributed by atoms with Crippen LogP contribution in [0.4, 0.5) is 10.5 Å². The highest BCUT2D eigenvalue weighted by atomic mass is 16.6. The van der Waals surface area contributed by atoms with Crippen molar-refractivity contribution in [1.29, 1.82) is 0 Å². The predicted molar refractivity (Wildman–Crippen MR) is 107 cm³/mol. The highest BCUT2D eigenvalue weighted by molar-refractivity contribution is 5.93. The summed E-state index contributed by atoms with van der Waals surface area (Å²) in [4.78, 5) is 28.2. The number of nitrogen functional groups attached to an aromatic ring is 1. The van der Waals surface area contributed by atoms with E-state index in [1.54, 1.807) is 57.2 Å². The molecule has 8 nitrogen and oxygen atoms in total. The Kier molecular flexibility index (Phi) is 5.27. The van der Waals surface area contributed by atoms with E-state index in [4.69, 9.17) is 15.2 Å². The minimum atomic E-state index is -1.26. The van der Waals surface area contributed by atoms with E-state index in [1.165, 1.54) is 18.5 Å². The number of hydrogen-bond acceptors (Lipinski definition) is 6. The van der Waals surface area contributed by atoms with E-state index in [9.17, 15) is 14.7 Å². The number of carbonyl (C=O) groups is 2. The van der Waals surface area contributed by atoms with Crippen LogP contribution in [0.3, 0.4) is 0 Å². The second kappa shape index (κ2) is 7.67. The van der Waals surface area contributed by atoms with Crippen LogP contribution < -0.4 is 10.5 Å². The molecule has 0 unspecified atom stereocenters. The fraction of sp³-hybridized carbons (Fsp3) is 0.190. The molecule has 0 atom stereocenters. The van der Waals surface area contributed by atoms with Crippen LogP contribution in [-0.4, -0.2) is 32.3 Å². The first kappa shape index (κ1) is 19.9. The summed E-state index contributed by atoms with van der Waals surface area (Å²) in [6, 6.07) is 11.6. The number of ether oxygens (including phenoxy) is 2. The predicted octanol–water partition coefficient (Wildman–Crippen LogP) is 4.41. The van der Waals surface area contributed by atoms with Gasteiger partial charge >= 0.3 is 12.1 Å². The number of carboxylic acids is 1. The zero-order chi connectivity index (χ0) is 21.2. The first-order chi connectivity index (χ1) is 13.6. The third-order valence-electron chi connectivity index (χ3n) is 3.75. The monoisotopic (exact) mass is 395 g/mol. The number of benzene rings is 1. The number of anilines is 1. The Labute approximate surface area is 167 Å². The molecular formula is C21H21N3O5. The van der Waals surface area contributed by atoms with Crippen LogP contribution in [0.5, 0.6) is 11.5 Å². The topological polar surface area (TPSA) is 117 Å². The summed E-state index contributed by atoms with van der Waals surface area (Å²) in [6.07, 6.45) is 2.13. The van der Waals surface area contributed by atoms with Gasteiger partial charge in [0.1, 0.15) is 22.8 Å². The van der Waals surface area contributed by atoms with E-state index < -0.39 is 17.7 Å². The molecule has 2 heterocycles.